The van der Waals surface area contributed by atoms with Crippen molar-refractivity contribution in [2.45, 2.75) is 51.6 Å². The van der Waals surface area contributed by atoms with Crippen LogP contribution in [0, 0.1) is 19.7 Å². The Morgan fingerprint density at radius 1 is 1.00 bits per heavy atom. The van der Waals surface area contributed by atoms with Gasteiger partial charge in [-0.25, -0.2) is 32.9 Å². The Labute approximate surface area is 266 Å². The molecule has 0 saturated carbocycles. The molecule has 4 heterocycles. The zero-order chi connectivity index (χ0) is 33.8. The fourth-order valence-corrected chi connectivity index (χ4v) is 5.91. The van der Waals surface area contributed by atoms with Crippen molar-refractivity contribution in [1.82, 2.24) is 19.9 Å². The molecule has 2 fully saturated rings. The second kappa shape index (κ2) is 11.7. The molecule has 14 heteroatoms. The number of rotatable bonds is 7. The predicted molar refractivity (Wildman–Crippen MR) is 160 cm³/mol. The van der Waals surface area contributed by atoms with Gasteiger partial charge in [-0.2, -0.15) is 13.2 Å². The van der Waals surface area contributed by atoms with Crippen molar-refractivity contribution >= 4 is 12.0 Å². The van der Waals surface area contributed by atoms with Gasteiger partial charge in [0.1, 0.15) is 11.9 Å². The van der Waals surface area contributed by atoms with E-state index in [2.05, 4.69) is 15.0 Å². The van der Waals surface area contributed by atoms with Gasteiger partial charge in [0, 0.05) is 29.1 Å². The first-order valence-electron chi connectivity index (χ1n) is 14.6. The maximum atomic E-state index is 14.3. The van der Waals surface area contributed by atoms with Gasteiger partial charge in [0.25, 0.3) is 5.92 Å². The van der Waals surface area contributed by atoms with E-state index in [1.165, 1.54) is 23.1 Å². The number of ether oxygens (including phenoxy) is 2. The van der Waals surface area contributed by atoms with Crippen LogP contribution in [-0.2, 0) is 17.5 Å². The van der Waals surface area contributed by atoms with E-state index in [0.29, 0.717) is 17.2 Å². The SMILES string of the molecule is COc1ncc(-c2ccc(C)cc2C)cc1-c1cnc(N2CC(F)(F)C2)nc1CN1C(=O)O[C@H](c2cc(F)cc(C(F)(F)F)c2)[C@@H]1C. The quantitative estimate of drug-likeness (QED) is 0.190. The number of carbonyl (C=O) groups excluding carboxylic acids is 1. The lowest BCUT2D eigenvalue weighted by atomic mass is 9.97. The summed E-state index contributed by atoms with van der Waals surface area (Å²) in [4.78, 5) is 29.1. The highest BCUT2D eigenvalue weighted by Crippen LogP contribution is 2.40. The number of anilines is 1. The maximum Gasteiger partial charge on any atom is 0.416 e. The van der Waals surface area contributed by atoms with Crippen LogP contribution in [0.3, 0.4) is 0 Å². The smallest absolute Gasteiger partial charge is 0.416 e. The number of cyclic esters (lactones) is 1. The molecular weight excluding hydrogens is 628 g/mol. The highest BCUT2D eigenvalue weighted by atomic mass is 19.4. The van der Waals surface area contributed by atoms with Crippen LogP contribution in [0.15, 0.2) is 54.9 Å². The first-order chi connectivity index (χ1) is 22.1. The largest absolute Gasteiger partial charge is 0.481 e. The Morgan fingerprint density at radius 2 is 1.74 bits per heavy atom. The molecule has 0 N–H and O–H groups in total. The molecule has 2 aromatic carbocycles. The Balaban J connectivity index is 1.41. The number of carbonyl (C=O) groups is 1. The van der Waals surface area contributed by atoms with Gasteiger partial charge in [0.2, 0.25) is 11.8 Å². The van der Waals surface area contributed by atoms with Crippen LogP contribution in [0.5, 0.6) is 5.88 Å². The Bertz CT molecular complexity index is 1860. The molecular formula is C33H29F6N5O3. The van der Waals surface area contributed by atoms with Gasteiger partial charge in [-0.1, -0.05) is 23.8 Å². The standard InChI is InChI=1S/C33H29F6N5O3/c1-17-5-6-24(18(2)7-17)21-10-25(29(46-4)40-12-21)26-13-41-30(43-15-32(35,36)16-43)42-27(26)14-44-19(3)28(47-31(44)45)20-8-22(33(37,38)39)11-23(34)9-20/h5-13,19,28H,14-16H2,1-4H3/t19-,28-/m0/s1. The summed E-state index contributed by atoms with van der Waals surface area (Å²) in [5, 5.41) is 0. The highest BCUT2D eigenvalue weighted by molar-refractivity contribution is 5.79. The molecule has 0 spiro atoms. The van der Waals surface area contributed by atoms with Crippen molar-refractivity contribution in [2.75, 3.05) is 25.1 Å². The van der Waals surface area contributed by atoms with Crippen LogP contribution in [0.25, 0.3) is 22.3 Å². The van der Waals surface area contributed by atoms with Crippen LogP contribution in [0.1, 0.15) is 41.0 Å². The third-order valence-corrected chi connectivity index (χ3v) is 8.30. The fourth-order valence-electron chi connectivity index (χ4n) is 5.91. The monoisotopic (exact) mass is 657 g/mol. The first-order valence-corrected chi connectivity index (χ1v) is 14.6. The van der Waals surface area contributed by atoms with Gasteiger partial charge in [-0.15, -0.1) is 0 Å². The van der Waals surface area contributed by atoms with E-state index in [0.717, 1.165) is 34.4 Å². The molecule has 0 unspecified atom stereocenters. The summed E-state index contributed by atoms with van der Waals surface area (Å²) in [5.41, 5.74) is 3.40. The summed E-state index contributed by atoms with van der Waals surface area (Å²) in [6.07, 6.45) is -3.85. The average molecular weight is 658 g/mol. The zero-order valence-corrected chi connectivity index (χ0v) is 25.7. The molecule has 2 atom stereocenters. The molecule has 2 saturated heterocycles. The van der Waals surface area contributed by atoms with Crippen molar-refractivity contribution in [3.8, 4) is 28.1 Å². The average Bonchev–Trinajstić information content (AvgIpc) is 3.27. The minimum absolute atomic E-state index is 0.00357. The molecule has 0 bridgehead atoms. The molecule has 0 aliphatic carbocycles. The molecule has 4 aromatic rings. The van der Waals surface area contributed by atoms with Gasteiger partial charge in [-0.3, -0.25) is 4.90 Å². The normalized spacial score (nSPS) is 19.1. The number of aryl methyl sites for hydroxylation is 2. The number of hydrogen-bond donors (Lipinski definition) is 0. The predicted octanol–water partition coefficient (Wildman–Crippen LogP) is 7.53. The highest BCUT2D eigenvalue weighted by Gasteiger charge is 2.46. The van der Waals surface area contributed by atoms with E-state index in [4.69, 9.17) is 9.47 Å². The molecule has 6 rings (SSSR count). The van der Waals surface area contributed by atoms with E-state index in [-0.39, 0.29) is 29.6 Å². The number of alkyl halides is 5. The fraction of sp³-hybridized carbons (Fsp3) is 0.333. The van der Waals surface area contributed by atoms with E-state index in [9.17, 15) is 31.1 Å². The lowest BCUT2D eigenvalue weighted by Crippen LogP contribution is -2.57. The molecule has 2 aliphatic rings. The summed E-state index contributed by atoms with van der Waals surface area (Å²) in [5.74, 6) is -3.82. The Kier molecular flexibility index (Phi) is 8.00. The van der Waals surface area contributed by atoms with Crippen LogP contribution in [0.2, 0.25) is 0 Å². The molecule has 1 amide bonds. The number of methoxy groups -OCH3 is 1. The number of aromatic nitrogens is 3. The molecule has 2 aromatic heterocycles. The van der Waals surface area contributed by atoms with Crippen LogP contribution < -0.4 is 9.64 Å². The maximum absolute atomic E-state index is 14.3. The zero-order valence-electron chi connectivity index (χ0n) is 25.7. The van der Waals surface area contributed by atoms with Crippen LogP contribution in [0.4, 0.5) is 37.1 Å². The number of benzene rings is 2. The van der Waals surface area contributed by atoms with Gasteiger partial charge < -0.3 is 14.4 Å². The third-order valence-electron chi connectivity index (χ3n) is 8.30. The number of pyridine rings is 1. The van der Waals surface area contributed by atoms with Gasteiger partial charge in [0.05, 0.1) is 44.0 Å². The second-order valence-corrected chi connectivity index (χ2v) is 11.8. The first kappa shape index (κ1) is 32.1. The lowest BCUT2D eigenvalue weighted by molar-refractivity contribution is -0.137. The Hall–Kier alpha value is -4.88. The summed E-state index contributed by atoms with van der Waals surface area (Å²) in [7, 11) is 1.43. The molecule has 0 radical (unpaired) electrons. The molecule has 8 nitrogen and oxygen atoms in total. The van der Waals surface area contributed by atoms with Gasteiger partial charge >= 0.3 is 12.3 Å². The van der Waals surface area contributed by atoms with Crippen molar-refractivity contribution < 1.29 is 40.6 Å². The second-order valence-electron chi connectivity index (χ2n) is 11.8. The minimum atomic E-state index is -4.82. The summed E-state index contributed by atoms with van der Waals surface area (Å²) in [6, 6.07) is 8.90. The number of nitrogens with zero attached hydrogens (tertiary/aromatic N) is 5. The number of halogens is 6. The number of amides is 1. The van der Waals surface area contributed by atoms with Crippen molar-refractivity contribution in [3.05, 3.63) is 88.6 Å². The minimum Gasteiger partial charge on any atom is -0.481 e. The molecule has 246 valence electrons. The third kappa shape index (κ3) is 6.28. The number of hydrogen-bond acceptors (Lipinski definition) is 7. The van der Waals surface area contributed by atoms with Crippen LogP contribution >= 0.6 is 0 Å². The lowest BCUT2D eigenvalue weighted by Gasteiger charge is -2.38. The Morgan fingerprint density at radius 3 is 2.40 bits per heavy atom. The summed E-state index contributed by atoms with van der Waals surface area (Å²) in [6.45, 7) is 4.06. The van der Waals surface area contributed by atoms with Crippen molar-refractivity contribution in [2.24, 2.45) is 0 Å². The van der Waals surface area contributed by atoms with Gasteiger partial charge in [0.15, 0.2) is 0 Å². The van der Waals surface area contributed by atoms with Crippen molar-refractivity contribution in [1.29, 1.82) is 0 Å². The van der Waals surface area contributed by atoms with Crippen molar-refractivity contribution in [3.63, 3.8) is 0 Å². The summed E-state index contributed by atoms with van der Waals surface area (Å²) >= 11 is 0. The molecule has 47 heavy (non-hydrogen) atoms. The summed E-state index contributed by atoms with van der Waals surface area (Å²) < 4.78 is 93.1. The van der Waals surface area contributed by atoms with E-state index >= 15 is 0 Å². The van der Waals surface area contributed by atoms with Gasteiger partial charge in [-0.05, 0) is 61.7 Å². The van der Waals surface area contributed by atoms with E-state index < -0.39 is 54.8 Å². The topological polar surface area (TPSA) is 80.7 Å². The van der Waals surface area contributed by atoms with E-state index in [1.807, 2.05) is 38.1 Å². The molecule has 2 aliphatic heterocycles. The van der Waals surface area contributed by atoms with E-state index in [1.54, 1.807) is 13.1 Å². The van der Waals surface area contributed by atoms with Crippen LogP contribution in [-0.4, -0.2) is 58.1 Å².